The molecule has 0 amide bonds. The summed E-state index contributed by atoms with van der Waals surface area (Å²) in [4.78, 5) is 0.447. The Hall–Kier alpha value is -1.02. The quantitative estimate of drug-likeness (QED) is 0.805. The molecule has 5 nitrogen and oxygen atoms in total. The molecule has 0 aromatic heterocycles. The van der Waals surface area contributed by atoms with E-state index in [2.05, 4.69) is 0 Å². The minimum atomic E-state index is -3.59. The van der Waals surface area contributed by atoms with E-state index < -0.39 is 15.6 Å². The van der Waals surface area contributed by atoms with Crippen molar-refractivity contribution in [3.8, 4) is 0 Å². The molecule has 1 fully saturated rings. The molecule has 1 heterocycles. The van der Waals surface area contributed by atoms with E-state index in [4.69, 9.17) is 18.0 Å². The maximum absolute atomic E-state index is 12.5. The summed E-state index contributed by atoms with van der Waals surface area (Å²) < 4.78 is 26.3. The summed E-state index contributed by atoms with van der Waals surface area (Å²) in [5.41, 5.74) is 6.01. The maximum atomic E-state index is 12.5. The lowest BCUT2D eigenvalue weighted by Crippen LogP contribution is -2.34. The molecule has 0 radical (unpaired) electrons. The lowest BCUT2D eigenvalue weighted by molar-refractivity contribution is 0.0762. The molecule has 1 aliphatic rings. The van der Waals surface area contributed by atoms with Gasteiger partial charge in [-0.3, -0.25) is 0 Å². The molecule has 110 valence electrons. The van der Waals surface area contributed by atoms with E-state index in [0.717, 1.165) is 5.56 Å². The van der Waals surface area contributed by atoms with Crippen molar-refractivity contribution in [3.63, 3.8) is 0 Å². The largest absolute Gasteiger partial charge is 0.389 e. The summed E-state index contributed by atoms with van der Waals surface area (Å²) >= 11 is 4.91. The van der Waals surface area contributed by atoms with Crippen LogP contribution in [-0.2, 0) is 10.0 Å². The normalized spacial score (nSPS) is 23.9. The van der Waals surface area contributed by atoms with Gasteiger partial charge in [0.15, 0.2) is 0 Å². The fourth-order valence-electron chi connectivity index (χ4n) is 2.33. The Morgan fingerprint density at radius 2 is 2.15 bits per heavy atom. The Kier molecular flexibility index (Phi) is 3.90. The van der Waals surface area contributed by atoms with Crippen molar-refractivity contribution in [2.75, 3.05) is 13.1 Å². The summed E-state index contributed by atoms with van der Waals surface area (Å²) in [6, 6.07) is 4.69. The first-order valence-corrected chi connectivity index (χ1v) is 8.11. The van der Waals surface area contributed by atoms with Crippen molar-refractivity contribution in [3.05, 3.63) is 29.3 Å². The number of hydrogen-bond donors (Lipinski definition) is 2. The lowest BCUT2D eigenvalue weighted by atomic mass is 10.1. The van der Waals surface area contributed by atoms with Crippen molar-refractivity contribution >= 4 is 27.2 Å². The monoisotopic (exact) mass is 314 g/mol. The van der Waals surface area contributed by atoms with Crippen molar-refractivity contribution in [1.29, 1.82) is 0 Å². The summed E-state index contributed by atoms with van der Waals surface area (Å²) in [5.74, 6) is 0. The molecule has 0 saturated carbocycles. The van der Waals surface area contributed by atoms with E-state index in [9.17, 15) is 13.5 Å². The average molecular weight is 314 g/mol. The van der Waals surface area contributed by atoms with Gasteiger partial charge in [-0.05, 0) is 38.0 Å². The molecule has 1 atom stereocenters. The van der Waals surface area contributed by atoms with Crippen molar-refractivity contribution in [2.45, 2.75) is 30.8 Å². The van der Waals surface area contributed by atoms with Crippen LogP contribution in [0.5, 0.6) is 0 Å². The number of benzene rings is 1. The van der Waals surface area contributed by atoms with Gasteiger partial charge in [0.2, 0.25) is 10.0 Å². The highest BCUT2D eigenvalue weighted by Crippen LogP contribution is 2.27. The van der Waals surface area contributed by atoms with Gasteiger partial charge < -0.3 is 10.8 Å². The first-order valence-electron chi connectivity index (χ1n) is 6.26. The standard InChI is InChI=1S/C13H18N2O3S2/c1-9-7-10(3-4-11(9)12(14)19)20(17,18)15-6-5-13(2,16)8-15/h3-4,7,16H,5-6,8H2,1-2H3,(H2,14,19). The van der Waals surface area contributed by atoms with Gasteiger partial charge in [0.25, 0.3) is 0 Å². The smallest absolute Gasteiger partial charge is 0.243 e. The average Bonchev–Trinajstić information content (AvgIpc) is 2.69. The van der Waals surface area contributed by atoms with E-state index in [1.165, 1.54) is 10.4 Å². The number of β-amino-alcohol motifs (C(OH)–C–C–N with tert-alkyl or cyclic N) is 1. The van der Waals surface area contributed by atoms with Crippen LogP contribution in [-0.4, -0.2) is 41.5 Å². The van der Waals surface area contributed by atoms with Crippen molar-refractivity contribution in [2.24, 2.45) is 5.73 Å². The molecule has 7 heteroatoms. The predicted octanol–water partition coefficient (Wildman–Crippen LogP) is 0.775. The second-order valence-corrected chi connectivity index (χ2v) is 7.80. The van der Waals surface area contributed by atoms with Gasteiger partial charge in [0.1, 0.15) is 4.99 Å². The lowest BCUT2D eigenvalue weighted by Gasteiger charge is -2.19. The van der Waals surface area contributed by atoms with E-state index in [1.54, 1.807) is 26.0 Å². The fraction of sp³-hybridized carbons (Fsp3) is 0.462. The minimum Gasteiger partial charge on any atom is -0.389 e. The summed E-state index contributed by atoms with van der Waals surface area (Å²) in [7, 11) is -3.59. The van der Waals surface area contributed by atoms with E-state index in [0.29, 0.717) is 18.5 Å². The topological polar surface area (TPSA) is 83.6 Å². The fourth-order valence-corrected chi connectivity index (χ4v) is 4.20. The van der Waals surface area contributed by atoms with Crippen LogP contribution in [0.15, 0.2) is 23.1 Å². The predicted molar refractivity (Wildman–Crippen MR) is 81.1 cm³/mol. The van der Waals surface area contributed by atoms with Gasteiger partial charge in [0.05, 0.1) is 10.5 Å². The molecular weight excluding hydrogens is 296 g/mol. The van der Waals surface area contributed by atoms with E-state index in [-0.39, 0.29) is 16.4 Å². The molecule has 3 N–H and O–H groups in total. The number of thiocarbonyl (C=S) groups is 1. The van der Waals surface area contributed by atoms with Crippen LogP contribution in [0.3, 0.4) is 0 Å². The molecule has 1 aliphatic heterocycles. The van der Waals surface area contributed by atoms with Gasteiger partial charge in [-0.15, -0.1) is 0 Å². The van der Waals surface area contributed by atoms with Crippen molar-refractivity contribution < 1.29 is 13.5 Å². The van der Waals surface area contributed by atoms with Crippen LogP contribution in [0, 0.1) is 6.92 Å². The van der Waals surface area contributed by atoms with E-state index in [1.807, 2.05) is 0 Å². The molecule has 20 heavy (non-hydrogen) atoms. The van der Waals surface area contributed by atoms with E-state index >= 15 is 0 Å². The van der Waals surface area contributed by atoms with Crippen LogP contribution in [0.1, 0.15) is 24.5 Å². The minimum absolute atomic E-state index is 0.117. The van der Waals surface area contributed by atoms with Gasteiger partial charge in [-0.2, -0.15) is 4.31 Å². The highest BCUT2D eigenvalue weighted by molar-refractivity contribution is 7.89. The number of nitrogens with two attached hydrogens (primary N) is 1. The molecule has 1 unspecified atom stereocenters. The van der Waals surface area contributed by atoms with Crippen LogP contribution in [0.25, 0.3) is 0 Å². The van der Waals surface area contributed by atoms with Gasteiger partial charge in [-0.1, -0.05) is 18.3 Å². The molecule has 1 saturated heterocycles. The molecule has 1 aromatic carbocycles. The van der Waals surface area contributed by atoms with Crippen LogP contribution in [0.4, 0.5) is 0 Å². The highest BCUT2D eigenvalue weighted by atomic mass is 32.2. The Labute approximate surface area is 124 Å². The number of sulfonamides is 1. The Bertz CT molecular complexity index is 654. The van der Waals surface area contributed by atoms with Gasteiger partial charge in [0, 0.05) is 18.7 Å². The number of rotatable bonds is 3. The maximum Gasteiger partial charge on any atom is 0.243 e. The second-order valence-electron chi connectivity index (χ2n) is 5.43. The molecule has 1 aromatic rings. The molecule has 0 aliphatic carbocycles. The first kappa shape index (κ1) is 15.4. The molecule has 2 rings (SSSR count). The molecular formula is C13H18N2O3S2. The summed E-state index contributed by atoms with van der Waals surface area (Å²) in [5, 5.41) is 9.91. The zero-order valence-corrected chi connectivity index (χ0v) is 13.1. The van der Waals surface area contributed by atoms with Gasteiger partial charge >= 0.3 is 0 Å². The number of aliphatic hydroxyl groups is 1. The SMILES string of the molecule is Cc1cc(S(=O)(=O)N2CCC(C)(O)C2)ccc1C(N)=S. The van der Waals surface area contributed by atoms with Gasteiger partial charge in [-0.25, -0.2) is 8.42 Å². The number of aryl methyl sites for hydroxylation is 1. The summed E-state index contributed by atoms with van der Waals surface area (Å²) in [6.45, 7) is 3.86. The van der Waals surface area contributed by atoms with Crippen LogP contribution in [0.2, 0.25) is 0 Å². The summed E-state index contributed by atoms with van der Waals surface area (Å²) in [6.07, 6.45) is 0.441. The zero-order valence-electron chi connectivity index (χ0n) is 11.5. The Morgan fingerprint density at radius 3 is 2.60 bits per heavy atom. The number of nitrogens with zero attached hydrogens (tertiary/aromatic N) is 1. The second kappa shape index (κ2) is 5.07. The molecule has 0 bridgehead atoms. The van der Waals surface area contributed by atoms with Crippen LogP contribution >= 0.6 is 12.2 Å². The Balaban J connectivity index is 2.36. The third-order valence-corrected chi connectivity index (χ3v) is 5.58. The molecule has 0 spiro atoms. The van der Waals surface area contributed by atoms with Crippen LogP contribution < -0.4 is 5.73 Å². The zero-order chi connectivity index (χ0) is 15.1. The highest BCUT2D eigenvalue weighted by Gasteiger charge is 2.38. The third-order valence-electron chi connectivity index (χ3n) is 3.52. The Morgan fingerprint density at radius 1 is 1.50 bits per heavy atom. The number of hydrogen-bond acceptors (Lipinski definition) is 4. The third kappa shape index (κ3) is 2.85. The van der Waals surface area contributed by atoms with Crippen molar-refractivity contribution in [1.82, 2.24) is 4.31 Å². The first-order chi connectivity index (χ1) is 9.13.